The van der Waals surface area contributed by atoms with E-state index < -0.39 is 31.1 Å². The van der Waals surface area contributed by atoms with Crippen molar-refractivity contribution < 1.29 is 33.0 Å². The van der Waals surface area contributed by atoms with E-state index in [2.05, 4.69) is 15.4 Å². The van der Waals surface area contributed by atoms with Crippen LogP contribution in [0.25, 0.3) is 10.1 Å². The number of aromatic nitrogens is 1. The number of hydrogen-bond acceptors (Lipinski definition) is 9. The molecule has 0 spiro atoms. The van der Waals surface area contributed by atoms with Gasteiger partial charge in [0.2, 0.25) is 11.8 Å². The summed E-state index contributed by atoms with van der Waals surface area (Å²) in [5.74, 6) is -0.293. The molecule has 3 saturated heterocycles. The second-order valence-corrected chi connectivity index (χ2v) is 18.4. The molecule has 2 N–H and O–H groups in total. The van der Waals surface area contributed by atoms with Crippen LogP contribution in [0.3, 0.4) is 0 Å². The summed E-state index contributed by atoms with van der Waals surface area (Å²) in [5, 5.41) is 6.90. The highest BCUT2D eigenvalue weighted by Gasteiger charge is 2.55. The van der Waals surface area contributed by atoms with E-state index in [1.165, 1.54) is 11.3 Å². The summed E-state index contributed by atoms with van der Waals surface area (Å²) in [4.78, 5) is 62.7. The number of hydrogen-bond donors (Lipinski definition) is 2. The lowest BCUT2D eigenvalue weighted by Gasteiger charge is -2.42. The normalized spacial score (nSPS) is 22.9. The van der Waals surface area contributed by atoms with Gasteiger partial charge in [-0.05, 0) is 104 Å². The highest BCUT2D eigenvalue weighted by Crippen LogP contribution is 2.53. The lowest BCUT2D eigenvalue weighted by atomic mass is 9.92. The molecular formula is C41H46N5O7PS. The van der Waals surface area contributed by atoms with Crippen LogP contribution in [0.1, 0.15) is 85.0 Å². The summed E-state index contributed by atoms with van der Waals surface area (Å²) in [6, 6.07) is 19.0. The van der Waals surface area contributed by atoms with Crippen LogP contribution in [-0.4, -0.2) is 81.8 Å². The first-order valence-corrected chi connectivity index (χ1v) is 21.9. The third kappa shape index (κ3) is 7.92. The van der Waals surface area contributed by atoms with Crippen molar-refractivity contribution >= 4 is 52.6 Å². The molecule has 4 atom stereocenters. The second kappa shape index (κ2) is 15.5. The topological polar surface area (TPSA) is 147 Å². The summed E-state index contributed by atoms with van der Waals surface area (Å²) in [7, 11) is -3.68. The van der Waals surface area contributed by atoms with E-state index in [4.69, 9.17) is 9.26 Å². The number of pyridine rings is 1. The van der Waals surface area contributed by atoms with Gasteiger partial charge >= 0.3 is 13.5 Å². The molecule has 2 aromatic carbocycles. The number of nitrogens with one attached hydrogen (secondary N) is 2. The fourth-order valence-corrected chi connectivity index (χ4v) is 11.3. The minimum atomic E-state index is -3.68. The number of fused-ring (bicyclic) bond motifs is 2. The maximum atomic E-state index is 14.5. The molecule has 3 amide bonds. The number of esters is 1. The van der Waals surface area contributed by atoms with Crippen LogP contribution in [0.5, 0.6) is 5.75 Å². The molecule has 288 valence electrons. The van der Waals surface area contributed by atoms with Crippen LogP contribution in [0, 0.1) is 0 Å². The molecule has 4 fully saturated rings. The van der Waals surface area contributed by atoms with Gasteiger partial charge in [-0.1, -0.05) is 37.3 Å². The van der Waals surface area contributed by atoms with Crippen LogP contribution in [-0.2, 0) is 29.8 Å². The second-order valence-electron chi connectivity index (χ2n) is 15.2. The van der Waals surface area contributed by atoms with Gasteiger partial charge in [-0.2, -0.15) is 0 Å². The van der Waals surface area contributed by atoms with Gasteiger partial charge in [0.15, 0.2) is 0 Å². The predicted octanol–water partition coefficient (Wildman–Crippen LogP) is 6.41. The first kappa shape index (κ1) is 37.3. The van der Waals surface area contributed by atoms with Crippen LogP contribution in [0.15, 0.2) is 79.1 Å². The van der Waals surface area contributed by atoms with E-state index >= 15 is 0 Å². The molecule has 0 bridgehead atoms. The monoisotopic (exact) mass is 783 g/mol. The van der Waals surface area contributed by atoms with Gasteiger partial charge in [-0.25, -0.2) is 5.09 Å². The summed E-state index contributed by atoms with van der Waals surface area (Å²) >= 11 is 1.32. The number of amides is 3. The van der Waals surface area contributed by atoms with Gasteiger partial charge in [0.25, 0.3) is 5.91 Å². The maximum absolute atomic E-state index is 14.5. The number of carbonyl (C=O) groups is 4. The lowest BCUT2D eigenvalue weighted by Crippen LogP contribution is -2.58. The van der Waals surface area contributed by atoms with Crippen molar-refractivity contribution in [3.05, 3.63) is 95.1 Å². The van der Waals surface area contributed by atoms with E-state index in [1.807, 2.05) is 54.4 Å². The molecule has 5 heterocycles. The van der Waals surface area contributed by atoms with Gasteiger partial charge in [-0.3, -0.25) is 28.7 Å². The molecule has 1 aliphatic carbocycles. The Bertz CT molecular complexity index is 2120. The maximum Gasteiger partial charge on any atom is 0.326 e. The standard InChI is InChI=1S/C41H46N5O7PS/c1-2-20-52-40(50)41(17-18-41)44-54(51,53-32-10-4-3-5-11-32)26-27-13-16-35-29(21-27)22-36(55-35)37(47)43-33-12-6-9-31-14-15-34(46(31)38(33)48)39(49)45-24-30(25-45)28-8-7-19-42-23-28/h3-5,7-8,10-11,13,16,19,21-23,30-31,33-34H,2,6,9,12,14-15,17-18,20,24-26H2,1H3,(H,43,47)(H,44,51)/t31-,33-,34-,54?/m0/s1. The Labute approximate surface area is 324 Å². The van der Waals surface area contributed by atoms with Crippen molar-refractivity contribution in [2.45, 2.75) is 94.0 Å². The molecule has 8 rings (SSSR count). The van der Waals surface area contributed by atoms with Gasteiger partial charge in [-0.15, -0.1) is 11.3 Å². The fraction of sp³-hybridized carbons (Fsp3) is 0.439. The Morgan fingerprint density at radius 2 is 1.82 bits per heavy atom. The van der Waals surface area contributed by atoms with Crippen molar-refractivity contribution in [3.8, 4) is 5.75 Å². The highest BCUT2D eigenvalue weighted by atomic mass is 32.1. The smallest absolute Gasteiger partial charge is 0.326 e. The summed E-state index contributed by atoms with van der Waals surface area (Å²) < 4.78 is 26.9. The molecule has 55 heavy (non-hydrogen) atoms. The summed E-state index contributed by atoms with van der Waals surface area (Å²) in [6.45, 7) is 3.44. The number of ether oxygens (including phenoxy) is 1. The largest absolute Gasteiger partial charge is 0.464 e. The zero-order chi connectivity index (χ0) is 38.2. The molecule has 1 unspecified atom stereocenters. The van der Waals surface area contributed by atoms with Gasteiger partial charge < -0.3 is 24.4 Å². The Morgan fingerprint density at radius 3 is 2.56 bits per heavy atom. The molecule has 12 nitrogen and oxygen atoms in total. The number of carbonyl (C=O) groups excluding carboxylic acids is 4. The van der Waals surface area contributed by atoms with Crippen molar-refractivity contribution in [1.29, 1.82) is 0 Å². The Morgan fingerprint density at radius 1 is 1.00 bits per heavy atom. The van der Waals surface area contributed by atoms with Crippen molar-refractivity contribution in [1.82, 2.24) is 25.2 Å². The van der Waals surface area contributed by atoms with Crippen LogP contribution < -0.4 is 14.9 Å². The van der Waals surface area contributed by atoms with Crippen LogP contribution in [0.2, 0.25) is 0 Å². The number of likely N-dealkylation sites (tertiary alicyclic amines) is 1. The lowest BCUT2D eigenvalue weighted by molar-refractivity contribution is -0.148. The third-order valence-electron chi connectivity index (χ3n) is 11.2. The average Bonchev–Trinajstić information content (AvgIpc) is 3.66. The predicted molar refractivity (Wildman–Crippen MR) is 209 cm³/mol. The molecule has 4 aromatic rings. The summed E-state index contributed by atoms with van der Waals surface area (Å²) in [6.07, 6.45) is 8.79. The fourth-order valence-electron chi connectivity index (χ4n) is 8.10. The van der Waals surface area contributed by atoms with E-state index in [9.17, 15) is 23.7 Å². The van der Waals surface area contributed by atoms with Crippen LogP contribution >= 0.6 is 18.9 Å². The number of nitrogens with zero attached hydrogens (tertiary/aromatic N) is 3. The highest BCUT2D eigenvalue weighted by molar-refractivity contribution is 7.56. The molecule has 0 radical (unpaired) electrons. The third-order valence-corrected chi connectivity index (χ3v) is 14.3. The minimum absolute atomic E-state index is 0.00499. The number of benzene rings is 2. The number of thiophene rings is 1. The molecule has 4 aliphatic rings. The molecule has 1 saturated carbocycles. The van der Waals surface area contributed by atoms with Crippen molar-refractivity contribution in [3.63, 3.8) is 0 Å². The number of para-hydroxylation sites is 1. The van der Waals surface area contributed by atoms with E-state index in [0.717, 1.165) is 34.9 Å². The Kier molecular flexibility index (Phi) is 10.5. The SMILES string of the molecule is CCCOC(=O)C1(NP(=O)(Cc2ccc3sc(C(=O)N[C@H]4CCC[C@H]5CC[C@@H](C(=O)N6CC(c7cccnc7)C6)N5C4=O)cc3c2)Oc2ccccc2)CC1. The van der Waals surface area contributed by atoms with E-state index in [0.29, 0.717) is 61.4 Å². The van der Waals surface area contributed by atoms with Crippen molar-refractivity contribution in [2.75, 3.05) is 19.7 Å². The molecular weight excluding hydrogens is 738 g/mol. The van der Waals surface area contributed by atoms with E-state index in [1.54, 1.807) is 41.4 Å². The average molecular weight is 784 g/mol. The zero-order valence-corrected chi connectivity index (χ0v) is 32.6. The molecule has 14 heteroatoms. The molecule has 3 aliphatic heterocycles. The number of rotatable bonds is 13. The van der Waals surface area contributed by atoms with Gasteiger partial charge in [0.1, 0.15) is 23.4 Å². The van der Waals surface area contributed by atoms with Crippen LogP contribution in [0.4, 0.5) is 0 Å². The Balaban J connectivity index is 0.945. The van der Waals surface area contributed by atoms with E-state index in [-0.39, 0.29) is 42.5 Å². The summed E-state index contributed by atoms with van der Waals surface area (Å²) in [5.41, 5.74) is 0.780. The van der Waals surface area contributed by atoms with Gasteiger partial charge in [0.05, 0.1) is 17.6 Å². The minimum Gasteiger partial charge on any atom is -0.464 e. The van der Waals surface area contributed by atoms with Gasteiger partial charge in [0, 0.05) is 42.1 Å². The van der Waals surface area contributed by atoms with Crippen molar-refractivity contribution in [2.24, 2.45) is 0 Å². The zero-order valence-electron chi connectivity index (χ0n) is 30.9. The molecule has 2 aromatic heterocycles. The first-order chi connectivity index (χ1) is 26.6. The first-order valence-electron chi connectivity index (χ1n) is 19.3. The quantitative estimate of drug-likeness (QED) is 0.116. The Hall–Kier alpha value is -4.58.